The first-order chi connectivity index (χ1) is 11.6. The van der Waals surface area contributed by atoms with Crippen molar-refractivity contribution in [1.29, 1.82) is 0 Å². The first kappa shape index (κ1) is 21.3. The molecular weight excluding hydrogens is 344 g/mol. The number of carboxylic acid groups (broad SMARTS) is 1. The van der Waals surface area contributed by atoms with E-state index in [0.717, 1.165) is 30.7 Å². The van der Waals surface area contributed by atoms with Gasteiger partial charge in [-0.2, -0.15) is 0 Å². The molecule has 0 radical (unpaired) electrons. The van der Waals surface area contributed by atoms with Crippen molar-refractivity contribution in [2.75, 3.05) is 26.2 Å². The minimum Gasteiger partial charge on any atom is -0.494 e. The third-order valence-corrected chi connectivity index (χ3v) is 4.11. The van der Waals surface area contributed by atoms with Crippen molar-refractivity contribution in [3.63, 3.8) is 0 Å². The molecule has 1 saturated heterocycles. The predicted octanol–water partition coefficient (Wildman–Crippen LogP) is 2.31. The summed E-state index contributed by atoms with van der Waals surface area (Å²) in [5.41, 5.74) is 1.01. The summed E-state index contributed by atoms with van der Waals surface area (Å²) in [5, 5.41) is 12.0. The van der Waals surface area contributed by atoms with E-state index in [2.05, 4.69) is 12.2 Å². The van der Waals surface area contributed by atoms with Gasteiger partial charge in [-0.25, -0.2) is 0 Å². The number of likely N-dealkylation sites (tertiary alicyclic amines) is 1. The molecule has 0 saturated carbocycles. The zero-order valence-corrected chi connectivity index (χ0v) is 15.4. The predicted molar refractivity (Wildman–Crippen MR) is 98.1 cm³/mol. The normalized spacial score (nSPS) is 17.4. The number of rotatable bonds is 8. The lowest BCUT2D eigenvalue weighted by Gasteiger charge is -2.29. The Balaban J connectivity index is 0.00000312. The smallest absolute Gasteiger partial charge is 0.307 e. The van der Waals surface area contributed by atoms with E-state index in [-0.39, 0.29) is 30.8 Å². The number of amides is 1. The van der Waals surface area contributed by atoms with E-state index < -0.39 is 5.97 Å². The van der Waals surface area contributed by atoms with Crippen LogP contribution >= 0.6 is 12.4 Å². The Labute approximate surface area is 154 Å². The first-order valence-corrected chi connectivity index (χ1v) is 8.52. The zero-order chi connectivity index (χ0) is 17.4. The molecule has 2 N–H and O–H groups in total. The van der Waals surface area contributed by atoms with Gasteiger partial charge in [-0.3, -0.25) is 14.5 Å². The van der Waals surface area contributed by atoms with Crippen LogP contribution in [-0.4, -0.2) is 48.1 Å². The Morgan fingerprint density at radius 2 is 2.04 bits per heavy atom. The number of carbonyl (C=O) groups excluding carboxylic acids is 1. The lowest BCUT2D eigenvalue weighted by Crippen LogP contribution is -2.44. The van der Waals surface area contributed by atoms with Crippen molar-refractivity contribution in [2.24, 2.45) is 5.92 Å². The van der Waals surface area contributed by atoms with Gasteiger partial charge in [0.25, 0.3) is 0 Å². The molecule has 0 spiro atoms. The van der Waals surface area contributed by atoms with Crippen molar-refractivity contribution >= 4 is 24.3 Å². The van der Waals surface area contributed by atoms with E-state index in [9.17, 15) is 9.59 Å². The standard InChI is InChI=1S/C18H26N2O4.ClH/c1-2-10-24-16-7-5-14(6-8-16)11-19-17(21)13-20-9-3-4-15(12-20)18(22)23;/h5-8,15H,2-4,9-13H2,1H3,(H,19,21)(H,22,23);1H. The Kier molecular flexibility index (Phi) is 9.31. The number of ether oxygens (including phenoxy) is 1. The molecule has 1 aromatic carbocycles. The van der Waals surface area contributed by atoms with Crippen LogP contribution in [0.5, 0.6) is 5.75 Å². The van der Waals surface area contributed by atoms with E-state index in [0.29, 0.717) is 26.1 Å². The fraction of sp³-hybridized carbons (Fsp3) is 0.556. The summed E-state index contributed by atoms with van der Waals surface area (Å²) in [5.74, 6) is -0.375. The molecule has 1 aliphatic heterocycles. The number of hydrogen-bond donors (Lipinski definition) is 2. The van der Waals surface area contributed by atoms with Crippen LogP contribution in [-0.2, 0) is 16.1 Å². The molecular formula is C18H27ClN2O4. The number of nitrogens with one attached hydrogen (secondary N) is 1. The molecule has 2 rings (SSSR count). The summed E-state index contributed by atoms with van der Waals surface area (Å²) in [7, 11) is 0. The van der Waals surface area contributed by atoms with E-state index in [1.54, 1.807) is 0 Å². The van der Waals surface area contributed by atoms with E-state index in [4.69, 9.17) is 9.84 Å². The average Bonchev–Trinajstić information content (AvgIpc) is 2.59. The quantitative estimate of drug-likeness (QED) is 0.734. The Morgan fingerprint density at radius 3 is 2.68 bits per heavy atom. The highest BCUT2D eigenvalue weighted by Gasteiger charge is 2.26. The zero-order valence-electron chi connectivity index (χ0n) is 14.6. The monoisotopic (exact) mass is 370 g/mol. The van der Waals surface area contributed by atoms with Crippen LogP contribution in [0, 0.1) is 5.92 Å². The van der Waals surface area contributed by atoms with E-state index in [1.165, 1.54) is 0 Å². The number of benzene rings is 1. The maximum atomic E-state index is 12.0. The molecule has 1 aromatic rings. The second-order valence-electron chi connectivity index (χ2n) is 6.18. The number of piperidine rings is 1. The van der Waals surface area contributed by atoms with Gasteiger partial charge in [-0.05, 0) is 43.5 Å². The first-order valence-electron chi connectivity index (χ1n) is 8.52. The third kappa shape index (κ3) is 7.32. The van der Waals surface area contributed by atoms with Gasteiger partial charge in [0.05, 0.1) is 19.1 Å². The third-order valence-electron chi connectivity index (χ3n) is 4.11. The molecule has 1 unspecified atom stereocenters. The van der Waals surface area contributed by atoms with Crippen molar-refractivity contribution in [3.05, 3.63) is 29.8 Å². The highest BCUT2D eigenvalue weighted by atomic mass is 35.5. The lowest BCUT2D eigenvalue weighted by atomic mass is 9.98. The Bertz CT molecular complexity index is 551. The highest BCUT2D eigenvalue weighted by Crippen LogP contribution is 2.16. The van der Waals surface area contributed by atoms with Crippen molar-refractivity contribution in [1.82, 2.24) is 10.2 Å². The highest BCUT2D eigenvalue weighted by molar-refractivity contribution is 5.85. The van der Waals surface area contributed by atoms with Crippen molar-refractivity contribution in [2.45, 2.75) is 32.7 Å². The number of nitrogens with zero attached hydrogens (tertiary/aromatic N) is 1. The molecule has 1 aliphatic rings. The summed E-state index contributed by atoms with van der Waals surface area (Å²) in [4.78, 5) is 25.0. The Hall–Kier alpha value is -1.79. The minimum atomic E-state index is -0.773. The van der Waals surface area contributed by atoms with Crippen LogP contribution in [0.4, 0.5) is 0 Å². The molecule has 0 aromatic heterocycles. The maximum absolute atomic E-state index is 12.0. The summed E-state index contributed by atoms with van der Waals surface area (Å²) in [6.45, 7) is 4.70. The van der Waals surface area contributed by atoms with Gasteiger partial charge < -0.3 is 15.2 Å². The molecule has 1 amide bonds. The number of carbonyl (C=O) groups is 2. The second-order valence-corrected chi connectivity index (χ2v) is 6.18. The van der Waals surface area contributed by atoms with Crippen molar-refractivity contribution in [3.8, 4) is 5.75 Å². The summed E-state index contributed by atoms with van der Waals surface area (Å²) < 4.78 is 5.52. The molecule has 0 bridgehead atoms. The van der Waals surface area contributed by atoms with E-state index in [1.807, 2.05) is 29.2 Å². The molecule has 6 nitrogen and oxygen atoms in total. The number of hydrogen-bond acceptors (Lipinski definition) is 4. The van der Waals surface area contributed by atoms with Crippen molar-refractivity contribution < 1.29 is 19.4 Å². The van der Waals surface area contributed by atoms with Gasteiger partial charge in [0.1, 0.15) is 5.75 Å². The molecule has 140 valence electrons. The minimum absolute atomic E-state index is 0. The number of carboxylic acids is 1. The van der Waals surface area contributed by atoms with Crippen LogP contribution in [0.25, 0.3) is 0 Å². The van der Waals surface area contributed by atoms with E-state index >= 15 is 0 Å². The topological polar surface area (TPSA) is 78.9 Å². The van der Waals surface area contributed by atoms with Crippen LogP contribution in [0.2, 0.25) is 0 Å². The fourth-order valence-electron chi connectivity index (χ4n) is 2.78. The number of halogens is 1. The average molecular weight is 371 g/mol. The van der Waals surface area contributed by atoms with Crippen LogP contribution < -0.4 is 10.1 Å². The largest absolute Gasteiger partial charge is 0.494 e. The molecule has 25 heavy (non-hydrogen) atoms. The second kappa shape index (κ2) is 10.9. The molecule has 1 fully saturated rings. The van der Waals surface area contributed by atoms with Gasteiger partial charge >= 0.3 is 5.97 Å². The van der Waals surface area contributed by atoms with Gasteiger partial charge in [0.2, 0.25) is 5.91 Å². The summed E-state index contributed by atoms with van der Waals surface area (Å²) in [6.07, 6.45) is 2.49. The van der Waals surface area contributed by atoms with Gasteiger partial charge in [0.15, 0.2) is 0 Å². The van der Waals surface area contributed by atoms with Gasteiger partial charge in [-0.1, -0.05) is 19.1 Å². The SMILES string of the molecule is CCCOc1ccc(CNC(=O)CN2CCCC(C(=O)O)C2)cc1.Cl. The van der Waals surface area contributed by atoms with Crippen LogP contribution in [0.3, 0.4) is 0 Å². The van der Waals surface area contributed by atoms with Crippen LogP contribution in [0.1, 0.15) is 31.7 Å². The Morgan fingerprint density at radius 1 is 1.32 bits per heavy atom. The molecule has 1 atom stereocenters. The lowest BCUT2D eigenvalue weighted by molar-refractivity contribution is -0.144. The summed E-state index contributed by atoms with van der Waals surface area (Å²) in [6, 6.07) is 7.68. The maximum Gasteiger partial charge on any atom is 0.307 e. The molecule has 7 heteroatoms. The summed E-state index contributed by atoms with van der Waals surface area (Å²) >= 11 is 0. The van der Waals surface area contributed by atoms with Gasteiger partial charge in [0, 0.05) is 13.1 Å². The molecule has 1 heterocycles. The van der Waals surface area contributed by atoms with Crippen LogP contribution in [0.15, 0.2) is 24.3 Å². The number of aliphatic carboxylic acids is 1. The molecule has 0 aliphatic carbocycles. The van der Waals surface area contributed by atoms with Gasteiger partial charge in [-0.15, -0.1) is 12.4 Å². The fourth-order valence-corrected chi connectivity index (χ4v) is 2.78.